The largest absolute Gasteiger partial charge is 0.450 e. The molecule has 1 aromatic carbocycles. The predicted octanol–water partition coefficient (Wildman–Crippen LogP) is 3.25. The third-order valence-corrected chi connectivity index (χ3v) is 3.29. The van der Waals surface area contributed by atoms with E-state index in [0.29, 0.717) is 17.0 Å². The van der Waals surface area contributed by atoms with Gasteiger partial charge in [0.1, 0.15) is 11.6 Å². The van der Waals surface area contributed by atoms with Gasteiger partial charge in [-0.3, -0.25) is 4.79 Å². The summed E-state index contributed by atoms with van der Waals surface area (Å²) >= 11 is 3.20. The fourth-order valence-electron chi connectivity index (χ4n) is 1.89. The van der Waals surface area contributed by atoms with Crippen LogP contribution in [0.4, 0.5) is 0 Å². The van der Waals surface area contributed by atoms with Crippen LogP contribution in [0.25, 0.3) is 17.1 Å². The molecule has 0 saturated carbocycles. The van der Waals surface area contributed by atoms with Crippen LogP contribution in [-0.4, -0.2) is 15.9 Å². The average molecular weight is 346 g/mol. The van der Waals surface area contributed by atoms with E-state index in [9.17, 15) is 4.79 Å². The summed E-state index contributed by atoms with van der Waals surface area (Å²) in [7, 11) is 0. The van der Waals surface area contributed by atoms with Gasteiger partial charge in [-0.1, -0.05) is 12.1 Å². The number of aromatic nitrogens is 2. The van der Waals surface area contributed by atoms with Gasteiger partial charge in [0, 0.05) is 6.08 Å². The van der Waals surface area contributed by atoms with Gasteiger partial charge in [-0.2, -0.15) is 0 Å². The van der Waals surface area contributed by atoms with E-state index in [4.69, 9.17) is 4.42 Å². The number of benzene rings is 1. The first-order chi connectivity index (χ1) is 10.2. The Kier molecular flexibility index (Phi) is 3.87. The molecule has 1 amide bonds. The Balaban J connectivity index is 1.59. The Labute approximate surface area is 129 Å². The molecule has 6 heteroatoms. The number of hydrogen-bond acceptors (Lipinski definition) is 3. The standard InChI is InChI=1S/C15H12BrN3O2/c16-13-7-5-10(21-13)6-8-15(20)17-9-14-18-11-3-1-2-4-12(11)19-14/h1-8H,9H2,(H,17,20)(H,18,19). The zero-order valence-corrected chi connectivity index (χ0v) is 12.6. The smallest absolute Gasteiger partial charge is 0.244 e. The second-order valence-electron chi connectivity index (χ2n) is 4.39. The van der Waals surface area contributed by atoms with Crippen molar-refractivity contribution in [2.75, 3.05) is 0 Å². The monoisotopic (exact) mass is 345 g/mol. The van der Waals surface area contributed by atoms with E-state index < -0.39 is 0 Å². The number of imidazole rings is 1. The van der Waals surface area contributed by atoms with Gasteiger partial charge in [0.15, 0.2) is 4.67 Å². The van der Waals surface area contributed by atoms with Crippen LogP contribution in [0.1, 0.15) is 11.6 Å². The normalized spacial score (nSPS) is 11.3. The number of hydrogen-bond donors (Lipinski definition) is 2. The van der Waals surface area contributed by atoms with E-state index in [-0.39, 0.29) is 5.91 Å². The van der Waals surface area contributed by atoms with Gasteiger partial charge in [0.25, 0.3) is 0 Å². The highest BCUT2D eigenvalue weighted by Crippen LogP contribution is 2.15. The van der Waals surface area contributed by atoms with Crippen molar-refractivity contribution >= 4 is 38.9 Å². The first-order valence-corrected chi connectivity index (χ1v) is 7.15. The lowest BCUT2D eigenvalue weighted by Crippen LogP contribution is -2.20. The molecule has 3 rings (SSSR count). The Hall–Kier alpha value is -2.34. The first-order valence-electron chi connectivity index (χ1n) is 6.35. The molecule has 0 radical (unpaired) electrons. The Morgan fingerprint density at radius 2 is 2.19 bits per heavy atom. The van der Waals surface area contributed by atoms with Crippen LogP contribution in [0, 0.1) is 0 Å². The average Bonchev–Trinajstić information content (AvgIpc) is 3.08. The second-order valence-corrected chi connectivity index (χ2v) is 5.18. The number of aromatic amines is 1. The third kappa shape index (κ3) is 3.41. The number of H-pyrrole nitrogens is 1. The minimum Gasteiger partial charge on any atom is -0.450 e. The number of furan rings is 1. The van der Waals surface area contributed by atoms with Crippen molar-refractivity contribution in [3.63, 3.8) is 0 Å². The number of nitrogens with zero attached hydrogens (tertiary/aromatic N) is 1. The molecule has 0 aliphatic rings. The predicted molar refractivity (Wildman–Crippen MR) is 83.4 cm³/mol. The minimum atomic E-state index is -0.206. The highest BCUT2D eigenvalue weighted by molar-refractivity contribution is 9.10. The number of halogens is 1. The Morgan fingerprint density at radius 1 is 1.33 bits per heavy atom. The molecule has 0 atom stereocenters. The lowest BCUT2D eigenvalue weighted by Gasteiger charge is -1.97. The van der Waals surface area contributed by atoms with E-state index in [1.807, 2.05) is 24.3 Å². The number of fused-ring (bicyclic) bond motifs is 1. The van der Waals surface area contributed by atoms with E-state index >= 15 is 0 Å². The van der Waals surface area contributed by atoms with Crippen molar-refractivity contribution in [1.29, 1.82) is 0 Å². The maximum Gasteiger partial charge on any atom is 0.244 e. The highest BCUT2D eigenvalue weighted by Gasteiger charge is 2.03. The fraction of sp³-hybridized carbons (Fsp3) is 0.0667. The summed E-state index contributed by atoms with van der Waals surface area (Å²) in [6.45, 7) is 0.347. The van der Waals surface area contributed by atoms with Crippen LogP contribution in [0.5, 0.6) is 0 Å². The molecule has 21 heavy (non-hydrogen) atoms. The number of carbonyl (C=O) groups excluding carboxylic acids is 1. The first kappa shape index (κ1) is 13.6. The maximum absolute atomic E-state index is 11.7. The van der Waals surface area contributed by atoms with E-state index in [2.05, 4.69) is 31.2 Å². The molecule has 0 aliphatic carbocycles. The van der Waals surface area contributed by atoms with Crippen molar-refractivity contribution in [3.05, 3.63) is 58.7 Å². The van der Waals surface area contributed by atoms with Crippen molar-refractivity contribution in [2.24, 2.45) is 0 Å². The SMILES string of the molecule is O=C(C=Cc1ccc(Br)o1)NCc1nc2ccccc2[nH]1. The van der Waals surface area contributed by atoms with Crippen molar-refractivity contribution in [3.8, 4) is 0 Å². The topological polar surface area (TPSA) is 70.9 Å². The van der Waals surface area contributed by atoms with Crippen molar-refractivity contribution in [2.45, 2.75) is 6.54 Å². The van der Waals surface area contributed by atoms with E-state index in [1.165, 1.54) is 6.08 Å². The van der Waals surface area contributed by atoms with Gasteiger partial charge < -0.3 is 14.7 Å². The molecule has 0 spiro atoms. The molecule has 106 valence electrons. The zero-order chi connectivity index (χ0) is 14.7. The second kappa shape index (κ2) is 5.97. The molecular weight excluding hydrogens is 334 g/mol. The lowest BCUT2D eigenvalue weighted by molar-refractivity contribution is -0.116. The van der Waals surface area contributed by atoms with E-state index in [0.717, 1.165) is 16.9 Å². The van der Waals surface area contributed by atoms with Crippen LogP contribution in [0.2, 0.25) is 0 Å². The highest BCUT2D eigenvalue weighted by atomic mass is 79.9. The molecule has 2 aromatic heterocycles. The molecule has 2 N–H and O–H groups in total. The molecule has 0 fully saturated rings. The number of para-hydroxylation sites is 2. The Morgan fingerprint density at radius 3 is 2.95 bits per heavy atom. The molecule has 3 aromatic rings. The number of rotatable bonds is 4. The van der Waals surface area contributed by atoms with Crippen LogP contribution >= 0.6 is 15.9 Å². The zero-order valence-electron chi connectivity index (χ0n) is 11.0. The molecule has 0 bridgehead atoms. The van der Waals surface area contributed by atoms with Gasteiger partial charge in [0.05, 0.1) is 17.6 Å². The van der Waals surface area contributed by atoms with Gasteiger partial charge in [-0.05, 0) is 46.3 Å². The van der Waals surface area contributed by atoms with Crippen LogP contribution in [0.15, 0.2) is 51.6 Å². The quantitative estimate of drug-likeness (QED) is 0.713. The summed E-state index contributed by atoms with van der Waals surface area (Å²) < 4.78 is 5.90. The molecule has 0 aliphatic heterocycles. The molecule has 5 nitrogen and oxygen atoms in total. The number of amides is 1. The summed E-state index contributed by atoms with van der Waals surface area (Å²) in [4.78, 5) is 19.3. The van der Waals surface area contributed by atoms with Crippen molar-refractivity contribution in [1.82, 2.24) is 15.3 Å². The summed E-state index contributed by atoms with van der Waals surface area (Å²) in [5.41, 5.74) is 1.84. The summed E-state index contributed by atoms with van der Waals surface area (Å²) in [6, 6.07) is 11.3. The van der Waals surface area contributed by atoms with Crippen molar-refractivity contribution < 1.29 is 9.21 Å². The van der Waals surface area contributed by atoms with Gasteiger partial charge >= 0.3 is 0 Å². The molecular formula is C15H12BrN3O2. The van der Waals surface area contributed by atoms with Crippen LogP contribution in [0.3, 0.4) is 0 Å². The van der Waals surface area contributed by atoms with Crippen LogP contribution in [-0.2, 0) is 11.3 Å². The summed E-state index contributed by atoms with van der Waals surface area (Å²) in [6.07, 6.45) is 3.03. The van der Waals surface area contributed by atoms with Crippen LogP contribution < -0.4 is 5.32 Å². The molecule has 2 heterocycles. The summed E-state index contributed by atoms with van der Waals surface area (Å²) in [5, 5.41) is 2.76. The maximum atomic E-state index is 11.7. The summed E-state index contributed by atoms with van der Waals surface area (Å²) in [5.74, 6) is 1.13. The third-order valence-electron chi connectivity index (χ3n) is 2.86. The van der Waals surface area contributed by atoms with Gasteiger partial charge in [-0.15, -0.1) is 0 Å². The lowest BCUT2D eigenvalue weighted by atomic mass is 10.3. The fourth-order valence-corrected chi connectivity index (χ4v) is 2.21. The Bertz CT molecular complexity index is 771. The molecule has 0 unspecified atom stereocenters. The van der Waals surface area contributed by atoms with Gasteiger partial charge in [-0.25, -0.2) is 4.98 Å². The van der Waals surface area contributed by atoms with E-state index in [1.54, 1.807) is 18.2 Å². The molecule has 0 saturated heterocycles. The minimum absolute atomic E-state index is 0.206. The van der Waals surface area contributed by atoms with Gasteiger partial charge in [0.2, 0.25) is 5.91 Å². The number of nitrogens with one attached hydrogen (secondary N) is 2. The number of carbonyl (C=O) groups is 1.